The first-order valence-electron chi connectivity index (χ1n) is 3.70. The highest BCUT2D eigenvalue weighted by atomic mass is 32.2. The summed E-state index contributed by atoms with van der Waals surface area (Å²) in [6.45, 7) is 3.23. The molecule has 4 nitrogen and oxygen atoms in total. The number of rotatable bonds is 3. The minimum atomic E-state index is -4.36. The lowest BCUT2D eigenvalue weighted by Gasteiger charge is -2.02. The van der Waals surface area contributed by atoms with Crippen LogP contribution in [0.3, 0.4) is 0 Å². The van der Waals surface area contributed by atoms with Crippen molar-refractivity contribution in [2.45, 2.75) is 4.90 Å². The van der Waals surface area contributed by atoms with Crippen LogP contribution in [-0.2, 0) is 10.1 Å². The van der Waals surface area contributed by atoms with Crippen molar-refractivity contribution in [3.05, 3.63) is 42.5 Å². The highest BCUT2D eigenvalue weighted by molar-refractivity contribution is 7.86. The predicted octanol–water partition coefficient (Wildman–Crippen LogP) is 1.30. The van der Waals surface area contributed by atoms with Crippen molar-refractivity contribution in [2.75, 3.05) is 0 Å². The molecule has 1 rings (SSSR count). The third-order valence-corrected chi connectivity index (χ3v) is 2.53. The van der Waals surface area contributed by atoms with E-state index in [1.54, 1.807) is 0 Å². The van der Waals surface area contributed by atoms with Crippen LogP contribution >= 0.6 is 0 Å². The zero-order valence-corrected chi connectivity index (χ0v) is 7.99. The lowest BCUT2D eigenvalue weighted by Crippen LogP contribution is -2.06. The number of allylic oxidation sites excluding steroid dienone is 1. The third kappa shape index (κ3) is 2.07. The summed E-state index contributed by atoms with van der Waals surface area (Å²) in [5.41, 5.74) is -0.0787. The fraction of sp³-hybridized carbons (Fsp3) is 0. The van der Waals surface area contributed by atoms with Crippen LogP contribution in [0.25, 0.3) is 0 Å². The normalized spacial score (nSPS) is 10.9. The van der Waals surface area contributed by atoms with E-state index >= 15 is 0 Å². The third-order valence-electron chi connectivity index (χ3n) is 1.62. The van der Waals surface area contributed by atoms with Crippen molar-refractivity contribution < 1.29 is 17.8 Å². The quantitative estimate of drug-likeness (QED) is 0.465. The van der Waals surface area contributed by atoms with Gasteiger partial charge in [0.15, 0.2) is 5.78 Å². The van der Waals surface area contributed by atoms with Crippen molar-refractivity contribution in [3.63, 3.8) is 0 Å². The first-order chi connectivity index (χ1) is 6.46. The summed E-state index contributed by atoms with van der Waals surface area (Å²) in [5, 5.41) is 0. The first kappa shape index (κ1) is 10.6. The topological polar surface area (TPSA) is 71.4 Å². The van der Waals surface area contributed by atoms with Gasteiger partial charge in [-0.2, -0.15) is 8.42 Å². The van der Waals surface area contributed by atoms with E-state index in [0.29, 0.717) is 0 Å². The van der Waals surface area contributed by atoms with Crippen LogP contribution in [0.4, 0.5) is 0 Å². The molecule has 0 aromatic heterocycles. The van der Waals surface area contributed by atoms with Gasteiger partial charge in [0.05, 0.1) is 0 Å². The Morgan fingerprint density at radius 3 is 2.43 bits per heavy atom. The van der Waals surface area contributed by atoms with Crippen LogP contribution in [0.2, 0.25) is 0 Å². The van der Waals surface area contributed by atoms with E-state index < -0.39 is 20.8 Å². The van der Waals surface area contributed by atoms with E-state index in [-0.39, 0.29) is 5.56 Å². The van der Waals surface area contributed by atoms with Crippen LogP contribution in [-0.4, -0.2) is 18.8 Å². The van der Waals surface area contributed by atoms with Gasteiger partial charge >= 0.3 is 0 Å². The van der Waals surface area contributed by atoms with Crippen molar-refractivity contribution >= 4 is 15.9 Å². The molecule has 0 amide bonds. The van der Waals surface area contributed by atoms with Crippen molar-refractivity contribution in [1.29, 1.82) is 0 Å². The molecular formula is C9H8O4S. The molecule has 14 heavy (non-hydrogen) atoms. The summed E-state index contributed by atoms with van der Waals surface area (Å²) in [6, 6.07) is 5.40. The summed E-state index contributed by atoms with van der Waals surface area (Å²) in [7, 11) is -4.36. The van der Waals surface area contributed by atoms with E-state index in [4.69, 9.17) is 4.55 Å². The van der Waals surface area contributed by atoms with Crippen LogP contribution in [0.15, 0.2) is 41.8 Å². The van der Waals surface area contributed by atoms with Crippen LogP contribution < -0.4 is 0 Å². The number of ketones is 1. The van der Waals surface area contributed by atoms with Gasteiger partial charge in [0.25, 0.3) is 10.1 Å². The Hall–Kier alpha value is -1.46. The SMILES string of the molecule is C=CC(=O)c1ccccc1S(=O)(=O)O. The smallest absolute Gasteiger partial charge is 0.289 e. The minimum absolute atomic E-state index is 0.0787. The lowest BCUT2D eigenvalue weighted by molar-refractivity contribution is 0.104. The predicted molar refractivity (Wildman–Crippen MR) is 50.8 cm³/mol. The van der Waals surface area contributed by atoms with E-state index in [1.807, 2.05) is 0 Å². The Bertz CT molecular complexity index is 473. The second-order valence-electron chi connectivity index (χ2n) is 2.54. The molecule has 74 valence electrons. The zero-order chi connectivity index (χ0) is 10.8. The molecule has 0 aliphatic rings. The van der Waals surface area contributed by atoms with E-state index in [9.17, 15) is 13.2 Å². The lowest BCUT2D eigenvalue weighted by atomic mass is 10.1. The first-order valence-corrected chi connectivity index (χ1v) is 5.14. The molecule has 0 saturated carbocycles. The van der Waals surface area contributed by atoms with Gasteiger partial charge < -0.3 is 0 Å². The fourth-order valence-electron chi connectivity index (χ4n) is 1.01. The van der Waals surface area contributed by atoms with Crippen molar-refractivity contribution in [1.82, 2.24) is 0 Å². The Morgan fingerprint density at radius 1 is 1.36 bits per heavy atom. The summed E-state index contributed by atoms with van der Waals surface area (Å²) in [6.07, 6.45) is 0.990. The van der Waals surface area contributed by atoms with Gasteiger partial charge in [-0.15, -0.1) is 0 Å². The van der Waals surface area contributed by atoms with Gasteiger partial charge in [-0.05, 0) is 18.2 Å². The van der Waals surface area contributed by atoms with Gasteiger partial charge in [0.2, 0.25) is 0 Å². The Labute approximate surface area is 81.6 Å². The molecule has 0 atom stereocenters. The summed E-state index contributed by atoms with van der Waals surface area (Å²) >= 11 is 0. The molecule has 0 radical (unpaired) electrons. The molecule has 0 aliphatic heterocycles. The molecule has 0 spiro atoms. The van der Waals surface area contributed by atoms with Gasteiger partial charge in [-0.3, -0.25) is 9.35 Å². The molecule has 0 heterocycles. The van der Waals surface area contributed by atoms with E-state index in [2.05, 4.69) is 6.58 Å². The Morgan fingerprint density at radius 2 is 1.93 bits per heavy atom. The van der Waals surface area contributed by atoms with Crippen molar-refractivity contribution in [2.24, 2.45) is 0 Å². The summed E-state index contributed by atoms with van der Waals surface area (Å²) < 4.78 is 30.5. The molecule has 0 unspecified atom stereocenters. The Kier molecular flexibility index (Phi) is 2.83. The van der Waals surface area contributed by atoms with Crippen molar-refractivity contribution in [3.8, 4) is 0 Å². The number of carbonyl (C=O) groups is 1. The van der Waals surface area contributed by atoms with Gasteiger partial charge in [0, 0.05) is 5.56 Å². The highest BCUT2D eigenvalue weighted by Gasteiger charge is 2.17. The largest absolute Gasteiger partial charge is 0.295 e. The molecule has 0 bridgehead atoms. The molecule has 0 fully saturated rings. The summed E-state index contributed by atoms with van der Waals surface area (Å²) in [5.74, 6) is -0.543. The minimum Gasteiger partial charge on any atom is -0.289 e. The standard InChI is InChI=1S/C9H8O4S/c1-2-8(10)7-5-3-4-6-9(7)14(11,12)13/h2-6H,1H2,(H,11,12,13). The maximum absolute atomic E-state index is 11.2. The summed E-state index contributed by atoms with van der Waals surface area (Å²) in [4.78, 5) is 10.8. The molecular weight excluding hydrogens is 204 g/mol. The van der Waals surface area contributed by atoms with Gasteiger partial charge in [-0.1, -0.05) is 18.7 Å². The number of benzene rings is 1. The monoisotopic (exact) mass is 212 g/mol. The van der Waals surface area contributed by atoms with Gasteiger partial charge in [0.1, 0.15) is 4.90 Å². The maximum atomic E-state index is 11.2. The van der Waals surface area contributed by atoms with E-state index in [1.165, 1.54) is 18.2 Å². The second-order valence-corrected chi connectivity index (χ2v) is 3.93. The molecule has 0 aliphatic carbocycles. The second kappa shape index (κ2) is 3.73. The molecule has 0 saturated heterocycles. The number of hydrogen-bond acceptors (Lipinski definition) is 3. The number of hydrogen-bond donors (Lipinski definition) is 1. The molecule has 1 aromatic carbocycles. The van der Waals surface area contributed by atoms with E-state index in [0.717, 1.165) is 12.1 Å². The average molecular weight is 212 g/mol. The van der Waals surface area contributed by atoms with Crippen LogP contribution in [0.1, 0.15) is 10.4 Å². The molecule has 5 heteroatoms. The molecule has 1 N–H and O–H groups in total. The fourth-order valence-corrected chi connectivity index (χ4v) is 1.70. The number of carbonyl (C=O) groups excluding carboxylic acids is 1. The maximum Gasteiger partial charge on any atom is 0.295 e. The highest BCUT2D eigenvalue weighted by Crippen LogP contribution is 2.15. The Balaban J connectivity index is 3.45. The van der Waals surface area contributed by atoms with Crippen LogP contribution in [0, 0.1) is 0 Å². The van der Waals surface area contributed by atoms with Gasteiger partial charge in [-0.25, -0.2) is 0 Å². The average Bonchev–Trinajstić information content (AvgIpc) is 2.15. The zero-order valence-electron chi connectivity index (χ0n) is 7.17. The van der Waals surface area contributed by atoms with Crippen LogP contribution in [0.5, 0.6) is 0 Å². The molecule has 1 aromatic rings.